The van der Waals surface area contributed by atoms with Crippen LogP contribution in [0.25, 0.3) is 0 Å². The lowest BCUT2D eigenvalue weighted by atomic mass is 9.94. The lowest BCUT2D eigenvalue weighted by Crippen LogP contribution is -2.39. The van der Waals surface area contributed by atoms with E-state index >= 15 is 0 Å². The zero-order valence-corrected chi connectivity index (χ0v) is 18.9. The highest BCUT2D eigenvalue weighted by Gasteiger charge is 2.42. The van der Waals surface area contributed by atoms with Crippen molar-refractivity contribution >= 4 is 44.8 Å². The second-order valence-electron chi connectivity index (χ2n) is 7.12. The van der Waals surface area contributed by atoms with Crippen molar-refractivity contribution in [3.05, 3.63) is 62.5 Å². The molecule has 0 bridgehead atoms. The summed E-state index contributed by atoms with van der Waals surface area (Å²) < 4.78 is 45.0. The predicted molar refractivity (Wildman–Crippen MR) is 115 cm³/mol. The van der Waals surface area contributed by atoms with Crippen molar-refractivity contribution in [3.8, 4) is 0 Å². The first-order chi connectivity index (χ1) is 14.7. The number of benzene rings is 1. The molecule has 2 aliphatic heterocycles. The van der Waals surface area contributed by atoms with E-state index in [4.69, 9.17) is 21.3 Å². The summed E-state index contributed by atoms with van der Waals surface area (Å²) >= 11 is 7.35. The highest BCUT2D eigenvalue weighted by Crippen LogP contribution is 2.41. The highest BCUT2D eigenvalue weighted by atomic mass is 35.5. The van der Waals surface area contributed by atoms with Gasteiger partial charge in [0.2, 0.25) is 10.0 Å². The average Bonchev–Trinajstić information content (AvgIpc) is 3.36. The Morgan fingerprint density at radius 3 is 2.81 bits per heavy atom. The molecule has 0 radical (unpaired) electrons. The Balaban J connectivity index is 1.88. The molecule has 31 heavy (non-hydrogen) atoms. The monoisotopic (exact) mass is 484 g/mol. The Labute approximate surface area is 187 Å². The number of hydrogen-bond acceptors (Lipinski definition) is 8. The van der Waals surface area contributed by atoms with Gasteiger partial charge in [-0.2, -0.15) is 0 Å². The van der Waals surface area contributed by atoms with Crippen LogP contribution in [0.3, 0.4) is 0 Å². The minimum atomic E-state index is -3.47. The number of fused-ring (bicyclic) bond motifs is 1. The fourth-order valence-corrected chi connectivity index (χ4v) is 5.36. The van der Waals surface area contributed by atoms with E-state index in [1.807, 2.05) is 0 Å². The summed E-state index contributed by atoms with van der Waals surface area (Å²) in [6, 6.07) is 2.86. The van der Waals surface area contributed by atoms with Crippen LogP contribution in [0, 0.1) is 5.82 Å². The van der Waals surface area contributed by atoms with E-state index in [-0.39, 0.29) is 23.6 Å². The molecule has 1 N–H and O–H groups in total. The van der Waals surface area contributed by atoms with E-state index < -0.39 is 33.9 Å². The SMILES string of the molecule is COC(=O)C1=C2C[C@H](NS(C)(=O)=O)CN2C(c2nccs2)=N[C@H]1c1ccc(F)c(Cl)c1. The fraction of sp³-hybridized carbons (Fsp3) is 0.316. The summed E-state index contributed by atoms with van der Waals surface area (Å²) in [6.45, 7) is 0.276. The Morgan fingerprint density at radius 2 is 2.19 bits per heavy atom. The molecule has 1 saturated heterocycles. The first-order valence-electron chi connectivity index (χ1n) is 9.16. The summed E-state index contributed by atoms with van der Waals surface area (Å²) in [5.74, 6) is -0.689. The number of aromatic nitrogens is 1. The number of amidine groups is 1. The standard InChI is InChI=1S/C19H18ClFN4O4S2/c1-29-19(26)15-14-8-11(24-31(2,27)28)9-25(14)17(18-22-5-6-30-18)23-16(15)10-3-4-13(21)12(20)7-10/h3-7,11,16,24H,8-9H2,1-2H3/t11-,16-/m0/s1. The molecule has 0 spiro atoms. The normalized spacial score (nSPS) is 21.2. The van der Waals surface area contributed by atoms with Crippen LogP contribution in [-0.4, -0.2) is 56.1 Å². The molecule has 1 aromatic carbocycles. The molecule has 0 saturated carbocycles. The van der Waals surface area contributed by atoms with Gasteiger partial charge in [-0.25, -0.2) is 27.3 Å². The molecule has 1 aromatic heterocycles. The quantitative estimate of drug-likeness (QED) is 0.654. The number of thiazole rings is 1. The molecule has 164 valence electrons. The van der Waals surface area contributed by atoms with E-state index in [9.17, 15) is 17.6 Å². The molecule has 4 rings (SSSR count). The average molecular weight is 485 g/mol. The zero-order valence-electron chi connectivity index (χ0n) is 16.5. The van der Waals surface area contributed by atoms with Crippen molar-refractivity contribution in [1.29, 1.82) is 0 Å². The van der Waals surface area contributed by atoms with Crippen molar-refractivity contribution in [3.63, 3.8) is 0 Å². The molecular formula is C19H18ClFN4O4S2. The number of halogens is 2. The second kappa shape index (κ2) is 8.30. The van der Waals surface area contributed by atoms with Crippen LogP contribution in [-0.2, 0) is 19.6 Å². The molecule has 3 heterocycles. The van der Waals surface area contributed by atoms with Crippen molar-refractivity contribution in [1.82, 2.24) is 14.6 Å². The number of rotatable bonds is 5. The number of esters is 1. The number of hydrogen-bond donors (Lipinski definition) is 1. The first kappa shape index (κ1) is 21.9. The third-order valence-electron chi connectivity index (χ3n) is 4.93. The van der Waals surface area contributed by atoms with Gasteiger partial charge in [-0.1, -0.05) is 17.7 Å². The largest absolute Gasteiger partial charge is 0.466 e. The molecular weight excluding hydrogens is 467 g/mol. The second-order valence-corrected chi connectivity index (χ2v) is 10.2. The number of carbonyl (C=O) groups is 1. The molecule has 8 nitrogen and oxygen atoms in total. The van der Waals surface area contributed by atoms with Crippen LogP contribution < -0.4 is 4.72 Å². The van der Waals surface area contributed by atoms with Crippen LogP contribution in [0.15, 0.2) is 46.0 Å². The molecule has 0 aliphatic carbocycles. The van der Waals surface area contributed by atoms with Gasteiger partial charge in [0.15, 0.2) is 10.8 Å². The van der Waals surface area contributed by atoms with Crippen molar-refractivity contribution < 1.29 is 22.3 Å². The maximum Gasteiger partial charge on any atom is 0.338 e. The van der Waals surface area contributed by atoms with E-state index in [1.54, 1.807) is 16.5 Å². The Hall–Kier alpha value is -2.34. The number of sulfonamides is 1. The maximum atomic E-state index is 13.8. The minimum Gasteiger partial charge on any atom is -0.466 e. The molecule has 1 fully saturated rings. The molecule has 2 aliphatic rings. The van der Waals surface area contributed by atoms with Gasteiger partial charge in [0.25, 0.3) is 0 Å². The Bertz CT molecular complexity index is 1200. The third kappa shape index (κ3) is 4.36. The van der Waals surface area contributed by atoms with E-state index in [0.29, 0.717) is 22.1 Å². The van der Waals surface area contributed by atoms with E-state index in [0.717, 1.165) is 6.26 Å². The molecule has 2 aromatic rings. The topological polar surface area (TPSA) is 101 Å². The molecule has 0 unspecified atom stereocenters. The molecule has 12 heteroatoms. The maximum absolute atomic E-state index is 13.8. The van der Waals surface area contributed by atoms with Gasteiger partial charge in [-0.05, 0) is 17.7 Å². The number of ether oxygens (including phenoxy) is 1. The van der Waals surface area contributed by atoms with Gasteiger partial charge in [0.1, 0.15) is 11.9 Å². The highest BCUT2D eigenvalue weighted by molar-refractivity contribution is 7.88. The molecule has 0 amide bonds. The number of aliphatic imine (C=N–C) groups is 1. The van der Waals surface area contributed by atoms with Crippen LogP contribution in [0.4, 0.5) is 4.39 Å². The van der Waals surface area contributed by atoms with Crippen LogP contribution >= 0.6 is 22.9 Å². The van der Waals surface area contributed by atoms with Gasteiger partial charge in [-0.3, -0.25) is 4.99 Å². The van der Waals surface area contributed by atoms with Gasteiger partial charge in [0, 0.05) is 36.3 Å². The predicted octanol–water partition coefficient (Wildman–Crippen LogP) is 2.49. The van der Waals surface area contributed by atoms with Gasteiger partial charge >= 0.3 is 5.97 Å². The lowest BCUT2D eigenvalue weighted by Gasteiger charge is -2.31. The van der Waals surface area contributed by atoms with Gasteiger partial charge in [-0.15, -0.1) is 11.3 Å². The summed E-state index contributed by atoms with van der Waals surface area (Å²) in [5.41, 5.74) is 1.34. The fourth-order valence-electron chi connectivity index (χ4n) is 3.77. The Kier molecular flexibility index (Phi) is 5.86. The number of methoxy groups -OCH3 is 1. The number of nitrogens with zero attached hydrogens (tertiary/aromatic N) is 3. The summed E-state index contributed by atoms with van der Waals surface area (Å²) in [4.78, 5) is 23.7. The van der Waals surface area contributed by atoms with Crippen LogP contribution in [0.2, 0.25) is 5.02 Å². The molecule has 2 atom stereocenters. The van der Waals surface area contributed by atoms with Crippen molar-refractivity contribution in [2.45, 2.75) is 18.5 Å². The number of nitrogens with one attached hydrogen (secondary N) is 1. The van der Waals surface area contributed by atoms with Crippen LogP contribution in [0.1, 0.15) is 23.0 Å². The Morgan fingerprint density at radius 1 is 1.42 bits per heavy atom. The van der Waals surface area contributed by atoms with Crippen LogP contribution in [0.5, 0.6) is 0 Å². The third-order valence-corrected chi connectivity index (χ3v) is 6.75. The van der Waals surface area contributed by atoms with Crippen molar-refractivity contribution in [2.75, 3.05) is 19.9 Å². The van der Waals surface area contributed by atoms with Crippen molar-refractivity contribution in [2.24, 2.45) is 4.99 Å². The zero-order chi connectivity index (χ0) is 22.3. The first-order valence-corrected chi connectivity index (χ1v) is 12.3. The van der Waals surface area contributed by atoms with Gasteiger partial charge in [0.05, 0.1) is 24.0 Å². The van der Waals surface area contributed by atoms with E-state index in [2.05, 4.69) is 9.71 Å². The summed E-state index contributed by atoms with van der Waals surface area (Å²) in [6.07, 6.45) is 2.97. The smallest absolute Gasteiger partial charge is 0.338 e. The van der Waals surface area contributed by atoms with Gasteiger partial charge < -0.3 is 9.64 Å². The minimum absolute atomic E-state index is 0.0943. The van der Waals surface area contributed by atoms with E-state index in [1.165, 1.54) is 36.6 Å². The number of carbonyl (C=O) groups excluding carboxylic acids is 1. The summed E-state index contributed by atoms with van der Waals surface area (Å²) in [7, 11) is -2.21. The lowest BCUT2D eigenvalue weighted by molar-refractivity contribution is -0.136. The summed E-state index contributed by atoms with van der Waals surface area (Å²) in [5, 5.41) is 2.31.